The number of nitrogen functional groups attached to an aromatic ring is 1. The summed E-state index contributed by atoms with van der Waals surface area (Å²) in [6.07, 6.45) is 1.49. The minimum absolute atomic E-state index is 0.377. The fourth-order valence-electron chi connectivity index (χ4n) is 1.64. The Labute approximate surface area is 97.6 Å². The third kappa shape index (κ3) is 1.47. The first-order valence-corrected chi connectivity index (χ1v) is 5.01. The van der Waals surface area contributed by atoms with Crippen molar-refractivity contribution >= 4 is 28.2 Å². The molecule has 2 aromatic rings. The number of hydrazine groups is 1. The minimum Gasteiger partial charge on any atom is -0.322 e. The monoisotopic (exact) mass is 232 g/mol. The Bertz CT molecular complexity index is 601. The molecule has 5 heteroatoms. The van der Waals surface area contributed by atoms with Crippen molar-refractivity contribution in [1.82, 2.24) is 4.98 Å². The van der Waals surface area contributed by atoms with Crippen molar-refractivity contribution < 1.29 is 0 Å². The van der Waals surface area contributed by atoms with Gasteiger partial charge in [-0.3, -0.25) is 10.8 Å². The third-order valence-corrected chi connectivity index (χ3v) is 2.75. The predicted octanol–water partition coefficient (Wildman–Crippen LogP) is 2.35. The molecule has 0 radical (unpaired) electrons. The van der Waals surface area contributed by atoms with E-state index in [4.69, 9.17) is 22.7 Å². The number of nitrogens with one attached hydrogen (secondary N) is 1. The lowest BCUT2D eigenvalue weighted by Gasteiger charge is -2.10. The van der Waals surface area contributed by atoms with E-state index in [1.165, 1.54) is 6.20 Å². The molecule has 0 aliphatic heterocycles. The van der Waals surface area contributed by atoms with Crippen LogP contribution in [0.5, 0.6) is 0 Å². The number of nitriles is 1. The quantitative estimate of drug-likeness (QED) is 0.585. The molecule has 4 nitrogen and oxygen atoms in total. The van der Waals surface area contributed by atoms with Crippen molar-refractivity contribution in [3.05, 3.63) is 34.5 Å². The molecule has 0 aliphatic rings. The molecule has 1 heterocycles. The average Bonchev–Trinajstić information content (AvgIpc) is 2.32. The smallest absolute Gasteiger partial charge is 0.103 e. The summed E-state index contributed by atoms with van der Waals surface area (Å²) in [7, 11) is 0. The first kappa shape index (κ1) is 10.7. The summed E-state index contributed by atoms with van der Waals surface area (Å²) in [6.45, 7) is 1.93. The molecule has 80 valence electrons. The Morgan fingerprint density at radius 1 is 1.50 bits per heavy atom. The molecule has 0 amide bonds. The Balaban J connectivity index is 2.98. The largest absolute Gasteiger partial charge is 0.322 e. The van der Waals surface area contributed by atoms with Crippen LogP contribution in [-0.2, 0) is 0 Å². The van der Waals surface area contributed by atoms with Crippen LogP contribution in [0.3, 0.4) is 0 Å². The minimum atomic E-state index is 0.377. The number of hydrogen-bond donors (Lipinski definition) is 2. The fourth-order valence-corrected chi connectivity index (χ4v) is 1.88. The van der Waals surface area contributed by atoms with Gasteiger partial charge in [0.15, 0.2) is 0 Å². The number of aromatic nitrogens is 1. The maximum absolute atomic E-state index is 8.94. The van der Waals surface area contributed by atoms with Gasteiger partial charge in [-0.2, -0.15) is 5.26 Å². The van der Waals surface area contributed by atoms with E-state index in [9.17, 15) is 0 Å². The summed E-state index contributed by atoms with van der Waals surface area (Å²) in [4.78, 5) is 4.22. The Morgan fingerprint density at radius 3 is 2.88 bits per heavy atom. The van der Waals surface area contributed by atoms with Crippen LogP contribution in [0, 0.1) is 18.3 Å². The van der Waals surface area contributed by atoms with Gasteiger partial charge in [-0.05, 0) is 18.6 Å². The number of halogens is 1. The van der Waals surface area contributed by atoms with E-state index < -0.39 is 0 Å². The van der Waals surface area contributed by atoms with Crippen molar-refractivity contribution in [1.29, 1.82) is 5.26 Å². The van der Waals surface area contributed by atoms with E-state index in [0.717, 1.165) is 11.1 Å². The fraction of sp³-hybridized carbons (Fsp3) is 0.0909. The Morgan fingerprint density at radius 2 is 2.25 bits per heavy atom. The number of nitrogens with two attached hydrogens (primary N) is 1. The van der Waals surface area contributed by atoms with Crippen LogP contribution >= 0.6 is 11.6 Å². The second-order valence-electron chi connectivity index (χ2n) is 3.39. The van der Waals surface area contributed by atoms with Crippen LogP contribution in [0.2, 0.25) is 5.02 Å². The number of hydrogen-bond acceptors (Lipinski definition) is 4. The SMILES string of the molecule is Cc1ccc(Cl)c2c(NN)c(C#N)cnc12. The van der Waals surface area contributed by atoms with Crippen LogP contribution in [0.15, 0.2) is 18.3 Å². The number of anilines is 1. The number of fused-ring (bicyclic) bond motifs is 1. The molecule has 0 spiro atoms. The van der Waals surface area contributed by atoms with E-state index >= 15 is 0 Å². The third-order valence-electron chi connectivity index (χ3n) is 2.44. The maximum atomic E-state index is 8.94. The molecule has 0 unspecified atom stereocenters. The van der Waals surface area contributed by atoms with Crippen molar-refractivity contribution in [2.45, 2.75) is 6.92 Å². The van der Waals surface area contributed by atoms with Crippen LogP contribution in [-0.4, -0.2) is 4.98 Å². The highest BCUT2D eigenvalue weighted by molar-refractivity contribution is 6.36. The van der Waals surface area contributed by atoms with Gasteiger partial charge in [0, 0.05) is 11.6 Å². The first-order valence-electron chi connectivity index (χ1n) is 4.63. The lowest BCUT2D eigenvalue weighted by atomic mass is 10.1. The van der Waals surface area contributed by atoms with Gasteiger partial charge in [0.1, 0.15) is 6.07 Å². The molecule has 3 N–H and O–H groups in total. The summed E-state index contributed by atoms with van der Waals surface area (Å²) >= 11 is 6.10. The van der Waals surface area contributed by atoms with Gasteiger partial charge in [-0.1, -0.05) is 17.7 Å². The van der Waals surface area contributed by atoms with Crippen molar-refractivity contribution in [3.63, 3.8) is 0 Å². The molecule has 0 aliphatic carbocycles. The average molecular weight is 233 g/mol. The highest BCUT2D eigenvalue weighted by atomic mass is 35.5. The second-order valence-corrected chi connectivity index (χ2v) is 3.80. The highest BCUT2D eigenvalue weighted by Crippen LogP contribution is 2.32. The standard InChI is InChI=1S/C11H9ClN4/c1-6-2-3-8(12)9-10(6)15-5-7(4-13)11(9)16-14/h2-3,5H,14H2,1H3,(H,15,16). The van der Waals surface area contributed by atoms with Gasteiger partial charge in [0.2, 0.25) is 0 Å². The lowest BCUT2D eigenvalue weighted by molar-refractivity contribution is 1.29. The topological polar surface area (TPSA) is 74.7 Å². The number of benzene rings is 1. The van der Waals surface area contributed by atoms with E-state index in [0.29, 0.717) is 21.7 Å². The highest BCUT2D eigenvalue weighted by Gasteiger charge is 2.12. The van der Waals surface area contributed by atoms with Crippen molar-refractivity contribution in [2.24, 2.45) is 5.84 Å². The van der Waals surface area contributed by atoms with E-state index in [1.54, 1.807) is 6.07 Å². The summed E-state index contributed by atoms with van der Waals surface area (Å²) in [5.74, 6) is 5.42. The van der Waals surface area contributed by atoms with Gasteiger partial charge < -0.3 is 5.43 Å². The summed E-state index contributed by atoms with van der Waals surface area (Å²) in [5, 5.41) is 10.2. The van der Waals surface area contributed by atoms with Gasteiger partial charge in [0.25, 0.3) is 0 Å². The molecule has 16 heavy (non-hydrogen) atoms. The molecule has 2 rings (SSSR count). The van der Waals surface area contributed by atoms with Crippen molar-refractivity contribution in [3.8, 4) is 6.07 Å². The van der Waals surface area contributed by atoms with Gasteiger partial charge in [-0.15, -0.1) is 0 Å². The summed E-state index contributed by atoms with van der Waals surface area (Å²) in [5.41, 5.74) is 5.14. The molecule has 0 atom stereocenters. The normalized spacial score (nSPS) is 10.1. The lowest BCUT2D eigenvalue weighted by Crippen LogP contribution is -2.09. The molecule has 0 saturated heterocycles. The van der Waals surface area contributed by atoms with Crippen molar-refractivity contribution in [2.75, 3.05) is 5.43 Å². The zero-order valence-electron chi connectivity index (χ0n) is 8.58. The Hall–Kier alpha value is -1.83. The predicted molar refractivity (Wildman–Crippen MR) is 64.0 cm³/mol. The van der Waals surface area contributed by atoms with Crippen LogP contribution in [0.4, 0.5) is 5.69 Å². The molecular weight excluding hydrogens is 224 g/mol. The molecule has 1 aromatic carbocycles. The molecule has 1 aromatic heterocycles. The molecular formula is C11H9ClN4. The number of pyridine rings is 1. The van der Waals surface area contributed by atoms with Crippen LogP contribution in [0.25, 0.3) is 10.9 Å². The number of aryl methyl sites for hydroxylation is 1. The summed E-state index contributed by atoms with van der Waals surface area (Å²) in [6, 6.07) is 5.67. The van der Waals surface area contributed by atoms with E-state index in [1.807, 2.05) is 19.1 Å². The zero-order valence-corrected chi connectivity index (χ0v) is 9.34. The van der Waals surface area contributed by atoms with Crippen LogP contribution in [0.1, 0.15) is 11.1 Å². The summed E-state index contributed by atoms with van der Waals surface area (Å²) < 4.78 is 0. The van der Waals surface area contributed by atoms with Gasteiger partial charge in [0.05, 0.1) is 21.8 Å². The van der Waals surface area contributed by atoms with Crippen LogP contribution < -0.4 is 11.3 Å². The number of rotatable bonds is 1. The molecule has 0 saturated carbocycles. The van der Waals surface area contributed by atoms with Gasteiger partial charge >= 0.3 is 0 Å². The maximum Gasteiger partial charge on any atom is 0.103 e. The van der Waals surface area contributed by atoms with E-state index in [-0.39, 0.29) is 0 Å². The zero-order chi connectivity index (χ0) is 11.7. The first-order chi connectivity index (χ1) is 7.69. The Kier molecular flexibility index (Phi) is 2.65. The van der Waals surface area contributed by atoms with E-state index in [2.05, 4.69) is 10.4 Å². The molecule has 0 fully saturated rings. The van der Waals surface area contributed by atoms with Gasteiger partial charge in [-0.25, -0.2) is 0 Å². The second kappa shape index (κ2) is 3.97. The number of nitrogens with zero attached hydrogens (tertiary/aromatic N) is 2. The molecule has 0 bridgehead atoms.